The maximum Gasteiger partial charge on any atom is 0.120 e. The van der Waals surface area contributed by atoms with Crippen molar-refractivity contribution in [1.29, 1.82) is 0 Å². The molecule has 2 N–H and O–H groups in total. The van der Waals surface area contributed by atoms with Gasteiger partial charge in [-0.05, 0) is 21.0 Å². The van der Waals surface area contributed by atoms with E-state index in [4.69, 9.17) is 4.74 Å². The summed E-state index contributed by atoms with van der Waals surface area (Å²) in [7, 11) is 3.74. The second-order valence-corrected chi connectivity index (χ2v) is 1.71. The van der Waals surface area contributed by atoms with Gasteiger partial charge in [0, 0.05) is 13.2 Å². The van der Waals surface area contributed by atoms with E-state index < -0.39 is 0 Å². The number of rotatable bonds is 5. The minimum absolute atomic E-state index is 0.0903. The number of nitrogens with one attached hydrogen (secondary N) is 2. The fraction of sp³-hybridized carbons (Fsp3) is 0.833. The van der Waals surface area contributed by atoms with Crippen LogP contribution in [0, 0.1) is 6.92 Å². The van der Waals surface area contributed by atoms with E-state index >= 15 is 0 Å². The second-order valence-electron chi connectivity index (χ2n) is 1.71. The summed E-state index contributed by atoms with van der Waals surface area (Å²) >= 11 is 0. The van der Waals surface area contributed by atoms with Crippen LogP contribution in [-0.4, -0.2) is 33.5 Å². The van der Waals surface area contributed by atoms with Gasteiger partial charge < -0.3 is 10.1 Å². The Morgan fingerprint density at radius 2 is 2.22 bits per heavy atom. The lowest BCUT2D eigenvalue weighted by molar-refractivity contribution is 0.0550. The summed E-state index contributed by atoms with van der Waals surface area (Å²) in [6.45, 7) is 4.88. The minimum atomic E-state index is 0.0903. The van der Waals surface area contributed by atoms with Crippen molar-refractivity contribution in [2.45, 2.75) is 6.23 Å². The molecule has 0 heterocycles. The fourth-order valence-corrected chi connectivity index (χ4v) is 0.572. The molecule has 1 unspecified atom stereocenters. The van der Waals surface area contributed by atoms with Gasteiger partial charge in [0.15, 0.2) is 0 Å². The summed E-state index contributed by atoms with van der Waals surface area (Å²) in [4.78, 5) is 0. The average molecular weight is 131 g/mol. The zero-order chi connectivity index (χ0) is 7.11. The highest BCUT2D eigenvalue weighted by molar-refractivity contribution is 4.53. The highest BCUT2D eigenvalue weighted by atomic mass is 16.5. The maximum atomic E-state index is 5.15. The predicted octanol–water partition coefficient (Wildman–Crippen LogP) is -0.398. The van der Waals surface area contributed by atoms with Gasteiger partial charge in [0.2, 0.25) is 0 Å². The van der Waals surface area contributed by atoms with Crippen molar-refractivity contribution in [3.8, 4) is 0 Å². The third-order valence-corrected chi connectivity index (χ3v) is 1.03. The molecule has 3 heteroatoms. The van der Waals surface area contributed by atoms with Crippen LogP contribution >= 0.6 is 0 Å². The zero-order valence-corrected chi connectivity index (χ0v) is 6.11. The molecule has 0 aliphatic heterocycles. The Labute approximate surface area is 56.8 Å². The van der Waals surface area contributed by atoms with Crippen LogP contribution in [0.25, 0.3) is 0 Å². The monoisotopic (exact) mass is 131 g/mol. The maximum absolute atomic E-state index is 5.15. The Kier molecular flexibility index (Phi) is 5.93. The smallest absolute Gasteiger partial charge is 0.120 e. The standard InChI is InChI=1S/C6H15N2O/c1-4-9-6(8-3)5-7-2/h6-8H,1,4-5H2,2-3H3. The fourth-order valence-electron chi connectivity index (χ4n) is 0.572. The molecule has 0 rings (SSSR count). The van der Waals surface area contributed by atoms with Gasteiger partial charge in [-0.25, -0.2) is 0 Å². The van der Waals surface area contributed by atoms with Crippen molar-refractivity contribution in [3.63, 3.8) is 0 Å². The molecule has 0 amide bonds. The second kappa shape index (κ2) is 6.01. The van der Waals surface area contributed by atoms with Gasteiger partial charge in [-0.3, -0.25) is 5.32 Å². The van der Waals surface area contributed by atoms with Crippen LogP contribution in [0.1, 0.15) is 0 Å². The minimum Gasteiger partial charge on any atom is -0.362 e. The molecule has 0 aromatic heterocycles. The van der Waals surface area contributed by atoms with E-state index in [-0.39, 0.29) is 6.23 Å². The lowest BCUT2D eigenvalue weighted by atomic mass is 10.5. The van der Waals surface area contributed by atoms with Gasteiger partial charge in [0.1, 0.15) is 6.23 Å². The summed E-state index contributed by atoms with van der Waals surface area (Å²) in [5.74, 6) is 0. The molecule has 0 aromatic rings. The van der Waals surface area contributed by atoms with E-state index in [0.717, 1.165) is 6.54 Å². The van der Waals surface area contributed by atoms with Gasteiger partial charge in [-0.2, -0.15) is 0 Å². The molecule has 0 bridgehead atoms. The lowest BCUT2D eigenvalue weighted by Gasteiger charge is -2.14. The van der Waals surface area contributed by atoms with E-state index in [9.17, 15) is 0 Å². The molecule has 0 saturated heterocycles. The van der Waals surface area contributed by atoms with Gasteiger partial charge in [0.05, 0.1) is 0 Å². The number of hydrogen-bond donors (Lipinski definition) is 2. The van der Waals surface area contributed by atoms with E-state index in [2.05, 4.69) is 17.6 Å². The Morgan fingerprint density at radius 1 is 1.56 bits per heavy atom. The quantitative estimate of drug-likeness (QED) is 0.498. The first kappa shape index (κ1) is 8.88. The van der Waals surface area contributed by atoms with Crippen LogP contribution in [0.2, 0.25) is 0 Å². The number of likely N-dealkylation sites (N-methyl/N-ethyl adjacent to an activating group) is 2. The van der Waals surface area contributed by atoms with Crippen molar-refractivity contribution < 1.29 is 4.74 Å². The molecule has 0 spiro atoms. The largest absolute Gasteiger partial charge is 0.362 e. The first-order chi connectivity index (χ1) is 4.35. The Bertz CT molecular complexity index is 53.0. The van der Waals surface area contributed by atoms with Gasteiger partial charge in [-0.15, -0.1) is 0 Å². The zero-order valence-electron chi connectivity index (χ0n) is 6.11. The summed E-state index contributed by atoms with van der Waals surface area (Å²) in [6, 6.07) is 0. The molecule has 0 aliphatic carbocycles. The van der Waals surface area contributed by atoms with Gasteiger partial charge in [0.25, 0.3) is 0 Å². The average Bonchev–Trinajstić information content (AvgIpc) is 1.88. The van der Waals surface area contributed by atoms with Crippen LogP contribution in [0.4, 0.5) is 0 Å². The summed E-state index contributed by atoms with van der Waals surface area (Å²) in [5, 5.41) is 5.97. The van der Waals surface area contributed by atoms with Crippen molar-refractivity contribution in [2.75, 3.05) is 27.2 Å². The molecule has 55 valence electrons. The SMILES string of the molecule is [CH2]COC(CNC)NC. The highest BCUT2D eigenvalue weighted by Gasteiger charge is 2.00. The first-order valence-electron chi connectivity index (χ1n) is 3.07. The van der Waals surface area contributed by atoms with Crippen LogP contribution in [0.15, 0.2) is 0 Å². The topological polar surface area (TPSA) is 33.3 Å². The number of ether oxygens (including phenoxy) is 1. The Morgan fingerprint density at radius 3 is 2.56 bits per heavy atom. The molecule has 1 radical (unpaired) electrons. The van der Waals surface area contributed by atoms with Crippen LogP contribution in [0.3, 0.4) is 0 Å². The van der Waals surface area contributed by atoms with Crippen molar-refractivity contribution in [1.82, 2.24) is 10.6 Å². The van der Waals surface area contributed by atoms with E-state index in [1.165, 1.54) is 0 Å². The Hall–Kier alpha value is -0.120. The molecule has 3 nitrogen and oxygen atoms in total. The van der Waals surface area contributed by atoms with Crippen molar-refractivity contribution >= 4 is 0 Å². The Balaban J connectivity index is 3.18. The van der Waals surface area contributed by atoms with Crippen molar-refractivity contribution in [3.05, 3.63) is 6.92 Å². The highest BCUT2D eigenvalue weighted by Crippen LogP contribution is 1.81. The molecule has 0 fully saturated rings. The van der Waals surface area contributed by atoms with Crippen LogP contribution in [0.5, 0.6) is 0 Å². The van der Waals surface area contributed by atoms with Gasteiger partial charge in [-0.1, -0.05) is 0 Å². The third kappa shape index (κ3) is 4.39. The molecule has 0 saturated carbocycles. The summed E-state index contributed by atoms with van der Waals surface area (Å²) < 4.78 is 5.15. The summed E-state index contributed by atoms with van der Waals surface area (Å²) in [6.07, 6.45) is 0.0903. The normalized spacial score (nSPS) is 13.7. The van der Waals surface area contributed by atoms with E-state index in [1.807, 2.05) is 14.1 Å². The summed E-state index contributed by atoms with van der Waals surface area (Å²) in [5.41, 5.74) is 0. The van der Waals surface area contributed by atoms with E-state index in [1.54, 1.807) is 0 Å². The van der Waals surface area contributed by atoms with Crippen LogP contribution in [-0.2, 0) is 4.74 Å². The molecule has 0 aliphatic rings. The van der Waals surface area contributed by atoms with E-state index in [0.29, 0.717) is 6.61 Å². The van der Waals surface area contributed by atoms with Crippen molar-refractivity contribution in [2.24, 2.45) is 0 Å². The molecule has 9 heavy (non-hydrogen) atoms. The number of hydrogen-bond acceptors (Lipinski definition) is 3. The molecule has 1 atom stereocenters. The van der Waals surface area contributed by atoms with Gasteiger partial charge >= 0.3 is 0 Å². The predicted molar refractivity (Wildman–Crippen MR) is 38.1 cm³/mol. The van der Waals surface area contributed by atoms with Crippen LogP contribution < -0.4 is 10.6 Å². The first-order valence-corrected chi connectivity index (χ1v) is 3.07. The molecule has 0 aromatic carbocycles. The molecular weight excluding hydrogens is 116 g/mol. The molecular formula is C6H15N2O. The lowest BCUT2D eigenvalue weighted by Crippen LogP contribution is -2.37. The third-order valence-electron chi connectivity index (χ3n) is 1.03.